The number of halogens is 1. The zero-order valence-electron chi connectivity index (χ0n) is 12.3. The summed E-state index contributed by atoms with van der Waals surface area (Å²) in [5.74, 6) is 0.904. The average molecular weight is 337 g/mol. The second-order valence-corrected chi connectivity index (χ2v) is 7.14. The lowest BCUT2D eigenvalue weighted by Crippen LogP contribution is -2.36. The molecule has 0 spiro atoms. The number of nitrogens with one attached hydrogen (secondary N) is 1. The van der Waals surface area contributed by atoms with Gasteiger partial charge in [-0.3, -0.25) is 0 Å². The van der Waals surface area contributed by atoms with E-state index >= 15 is 0 Å². The summed E-state index contributed by atoms with van der Waals surface area (Å²) in [6.07, 6.45) is 2.05. The molecule has 1 saturated carbocycles. The highest BCUT2D eigenvalue weighted by molar-refractivity contribution is 9.10. The van der Waals surface area contributed by atoms with Crippen LogP contribution in [0.1, 0.15) is 32.3 Å². The molecule has 1 fully saturated rings. The minimum atomic E-state index is -0.0998. The van der Waals surface area contributed by atoms with Gasteiger partial charge in [0.25, 0.3) is 0 Å². The molecule has 3 nitrogen and oxygen atoms in total. The van der Waals surface area contributed by atoms with E-state index in [9.17, 15) is 0 Å². The number of ether oxygens (including phenoxy) is 1. The van der Waals surface area contributed by atoms with E-state index in [-0.39, 0.29) is 10.8 Å². The summed E-state index contributed by atoms with van der Waals surface area (Å²) in [5.41, 5.74) is 1.02. The Hall–Kier alpha value is -1.05. The van der Waals surface area contributed by atoms with Crippen LogP contribution in [0, 0.1) is 16.7 Å². The summed E-state index contributed by atoms with van der Waals surface area (Å²) in [6, 6.07) is 8.50. The van der Waals surface area contributed by atoms with Gasteiger partial charge in [0, 0.05) is 28.5 Å². The molecule has 1 aliphatic carbocycles. The van der Waals surface area contributed by atoms with E-state index in [1.54, 1.807) is 7.11 Å². The quantitative estimate of drug-likeness (QED) is 0.862. The molecule has 4 heteroatoms. The van der Waals surface area contributed by atoms with Crippen molar-refractivity contribution in [2.45, 2.75) is 32.1 Å². The van der Waals surface area contributed by atoms with E-state index in [1.165, 1.54) is 5.56 Å². The van der Waals surface area contributed by atoms with Crippen molar-refractivity contribution in [3.8, 4) is 11.8 Å². The summed E-state index contributed by atoms with van der Waals surface area (Å²) in [7, 11) is 1.70. The molecule has 0 aromatic heterocycles. The van der Waals surface area contributed by atoms with Gasteiger partial charge in [0.2, 0.25) is 0 Å². The molecule has 0 aliphatic heterocycles. The van der Waals surface area contributed by atoms with Crippen LogP contribution in [0.2, 0.25) is 0 Å². The Kier molecular flexibility index (Phi) is 4.41. The molecular weight excluding hydrogens is 316 g/mol. The topological polar surface area (TPSA) is 45.0 Å². The lowest BCUT2D eigenvalue weighted by atomic mass is 9.83. The van der Waals surface area contributed by atoms with Crippen LogP contribution in [0.5, 0.6) is 5.75 Å². The van der Waals surface area contributed by atoms with Crippen LogP contribution in [0.3, 0.4) is 0 Å². The molecule has 0 bridgehead atoms. The smallest absolute Gasteiger partial charge is 0.122 e. The van der Waals surface area contributed by atoms with Crippen molar-refractivity contribution in [3.63, 3.8) is 0 Å². The first kappa shape index (κ1) is 15.3. The summed E-state index contributed by atoms with van der Waals surface area (Å²) in [5, 5.41) is 12.6. The largest absolute Gasteiger partial charge is 0.496 e. The van der Waals surface area contributed by atoms with Gasteiger partial charge in [0.1, 0.15) is 5.75 Å². The number of rotatable bonds is 6. The Morgan fingerprint density at radius 3 is 2.70 bits per heavy atom. The number of methoxy groups -OCH3 is 1. The van der Waals surface area contributed by atoms with Gasteiger partial charge >= 0.3 is 0 Å². The first-order valence-electron chi connectivity index (χ1n) is 6.88. The summed E-state index contributed by atoms with van der Waals surface area (Å²) in [6.45, 7) is 5.99. The van der Waals surface area contributed by atoms with Crippen LogP contribution in [-0.2, 0) is 5.41 Å². The first-order valence-corrected chi connectivity index (χ1v) is 7.68. The maximum atomic E-state index is 9.11. The highest BCUT2D eigenvalue weighted by Gasteiger charge is 2.42. The molecule has 108 valence electrons. The average Bonchev–Trinajstić information content (AvgIpc) is 3.19. The third-order valence-electron chi connectivity index (χ3n) is 4.01. The molecule has 0 saturated heterocycles. The van der Waals surface area contributed by atoms with Crippen molar-refractivity contribution >= 4 is 15.9 Å². The molecule has 20 heavy (non-hydrogen) atoms. The molecule has 0 radical (unpaired) electrons. The molecule has 1 aromatic carbocycles. The third-order valence-corrected chi connectivity index (χ3v) is 4.50. The van der Waals surface area contributed by atoms with Crippen molar-refractivity contribution in [1.29, 1.82) is 5.26 Å². The van der Waals surface area contributed by atoms with E-state index in [0.29, 0.717) is 0 Å². The molecule has 0 unspecified atom stereocenters. The van der Waals surface area contributed by atoms with E-state index < -0.39 is 0 Å². The maximum absolute atomic E-state index is 9.11. The Labute approximate surface area is 129 Å². The molecule has 0 atom stereocenters. The lowest BCUT2D eigenvalue weighted by molar-refractivity contribution is 0.381. The second-order valence-electron chi connectivity index (χ2n) is 6.22. The molecule has 0 heterocycles. The minimum Gasteiger partial charge on any atom is -0.496 e. The third kappa shape index (κ3) is 3.34. The van der Waals surface area contributed by atoms with Crippen molar-refractivity contribution in [2.75, 3.05) is 20.2 Å². The van der Waals surface area contributed by atoms with E-state index in [0.717, 1.165) is 36.2 Å². The van der Waals surface area contributed by atoms with Crippen molar-refractivity contribution < 1.29 is 4.74 Å². The van der Waals surface area contributed by atoms with Gasteiger partial charge in [-0.1, -0.05) is 29.8 Å². The van der Waals surface area contributed by atoms with Crippen LogP contribution < -0.4 is 10.1 Å². The van der Waals surface area contributed by atoms with E-state index in [1.807, 2.05) is 12.1 Å². The second kappa shape index (κ2) is 5.75. The Bertz CT molecular complexity index is 530. The molecule has 0 amide bonds. The maximum Gasteiger partial charge on any atom is 0.122 e. The van der Waals surface area contributed by atoms with Crippen molar-refractivity contribution in [3.05, 3.63) is 28.2 Å². The van der Waals surface area contributed by atoms with Gasteiger partial charge in [-0.2, -0.15) is 5.26 Å². The number of hydrogen-bond acceptors (Lipinski definition) is 3. The predicted molar refractivity (Wildman–Crippen MR) is 83.9 cm³/mol. The Morgan fingerprint density at radius 2 is 2.15 bits per heavy atom. The highest BCUT2D eigenvalue weighted by Crippen LogP contribution is 2.44. The van der Waals surface area contributed by atoms with Gasteiger partial charge in [-0.25, -0.2) is 0 Å². The van der Waals surface area contributed by atoms with Crippen LogP contribution in [0.15, 0.2) is 22.7 Å². The monoisotopic (exact) mass is 336 g/mol. The normalized spacial score (nSPS) is 16.6. The predicted octanol–water partition coefficient (Wildman–Crippen LogP) is 3.63. The van der Waals surface area contributed by atoms with Crippen LogP contribution in [-0.4, -0.2) is 20.2 Å². The standard InChI is InChI=1S/C16H21BrN2O/c1-15(2,10-19-11-16(9-18)6-7-16)13-8-12(17)4-5-14(13)20-3/h4-5,8,19H,6-7,10-11H2,1-3H3. The van der Waals surface area contributed by atoms with E-state index in [2.05, 4.69) is 47.2 Å². The molecular formula is C16H21BrN2O. The zero-order valence-corrected chi connectivity index (χ0v) is 13.9. The number of nitrogens with zero attached hydrogens (tertiary/aromatic N) is 1. The summed E-state index contributed by atoms with van der Waals surface area (Å²) in [4.78, 5) is 0. The minimum absolute atomic E-state index is 0.0549. The molecule has 1 aromatic rings. The van der Waals surface area contributed by atoms with Gasteiger partial charge in [0.05, 0.1) is 18.6 Å². The SMILES string of the molecule is COc1ccc(Br)cc1C(C)(C)CNCC1(C#N)CC1. The van der Waals surface area contributed by atoms with E-state index in [4.69, 9.17) is 10.00 Å². The van der Waals surface area contributed by atoms with Crippen LogP contribution in [0.4, 0.5) is 0 Å². The first-order chi connectivity index (χ1) is 9.42. The fraction of sp³-hybridized carbons (Fsp3) is 0.562. The summed E-state index contributed by atoms with van der Waals surface area (Å²) < 4.78 is 6.52. The lowest BCUT2D eigenvalue weighted by Gasteiger charge is -2.28. The molecule has 2 rings (SSSR count). The molecule has 1 aliphatic rings. The Balaban J connectivity index is 2.06. The van der Waals surface area contributed by atoms with Gasteiger partial charge in [0.15, 0.2) is 0 Å². The van der Waals surface area contributed by atoms with Crippen molar-refractivity contribution in [2.24, 2.45) is 5.41 Å². The number of nitriles is 1. The fourth-order valence-corrected chi connectivity index (χ4v) is 2.76. The summed E-state index contributed by atoms with van der Waals surface area (Å²) >= 11 is 3.52. The van der Waals surface area contributed by atoms with Crippen LogP contribution >= 0.6 is 15.9 Å². The van der Waals surface area contributed by atoms with Gasteiger partial charge in [-0.15, -0.1) is 0 Å². The van der Waals surface area contributed by atoms with Gasteiger partial charge in [-0.05, 0) is 31.0 Å². The van der Waals surface area contributed by atoms with Crippen LogP contribution in [0.25, 0.3) is 0 Å². The zero-order chi connectivity index (χ0) is 14.8. The van der Waals surface area contributed by atoms with Gasteiger partial charge < -0.3 is 10.1 Å². The Morgan fingerprint density at radius 1 is 1.45 bits per heavy atom. The number of hydrogen-bond donors (Lipinski definition) is 1. The fourth-order valence-electron chi connectivity index (χ4n) is 2.40. The number of benzene rings is 1. The highest BCUT2D eigenvalue weighted by atomic mass is 79.9. The molecule has 1 N–H and O–H groups in total. The van der Waals surface area contributed by atoms with Crippen molar-refractivity contribution in [1.82, 2.24) is 5.32 Å².